The topological polar surface area (TPSA) is 54.4 Å². The van der Waals surface area contributed by atoms with E-state index in [0.717, 1.165) is 16.5 Å². The van der Waals surface area contributed by atoms with Gasteiger partial charge in [0.25, 0.3) is 0 Å². The fourth-order valence-corrected chi connectivity index (χ4v) is 3.95. The highest BCUT2D eigenvalue weighted by Crippen LogP contribution is 2.39. The summed E-state index contributed by atoms with van der Waals surface area (Å²) < 4.78 is 12.1. The zero-order valence-electron chi connectivity index (χ0n) is 12.2. The highest BCUT2D eigenvalue weighted by molar-refractivity contribution is 9.10. The van der Waals surface area contributed by atoms with E-state index in [-0.39, 0.29) is 22.0 Å². The summed E-state index contributed by atoms with van der Waals surface area (Å²) in [5.74, 6) is -0.572. The van der Waals surface area contributed by atoms with Gasteiger partial charge in [-0.05, 0) is 43.5 Å². The van der Waals surface area contributed by atoms with Gasteiger partial charge in [-0.3, -0.25) is 9.00 Å². The SMILES string of the molecule is C=C1C(O)=C(c2ccc(Br)cc2CC)C(=O)C(C)(C)S1=O. The van der Waals surface area contributed by atoms with Gasteiger partial charge in [0.15, 0.2) is 5.78 Å². The Morgan fingerprint density at radius 3 is 2.57 bits per heavy atom. The van der Waals surface area contributed by atoms with Crippen LogP contribution in [0.2, 0.25) is 0 Å². The van der Waals surface area contributed by atoms with E-state index in [1.807, 2.05) is 19.1 Å². The Kier molecular flexibility index (Phi) is 4.26. The minimum atomic E-state index is -1.62. The Morgan fingerprint density at radius 1 is 1.38 bits per heavy atom. The van der Waals surface area contributed by atoms with Gasteiger partial charge in [0.2, 0.25) is 0 Å². The van der Waals surface area contributed by atoms with E-state index in [9.17, 15) is 14.1 Å². The first-order valence-corrected chi connectivity index (χ1v) is 8.54. The van der Waals surface area contributed by atoms with Gasteiger partial charge in [-0.15, -0.1) is 0 Å². The molecule has 1 aliphatic rings. The van der Waals surface area contributed by atoms with Crippen LogP contribution >= 0.6 is 15.9 Å². The second-order valence-electron chi connectivity index (χ2n) is 5.41. The Labute approximate surface area is 135 Å². The van der Waals surface area contributed by atoms with Crippen LogP contribution in [0.1, 0.15) is 31.9 Å². The number of benzene rings is 1. The van der Waals surface area contributed by atoms with Gasteiger partial charge >= 0.3 is 0 Å². The normalized spacial score (nSPS) is 21.8. The van der Waals surface area contributed by atoms with Gasteiger partial charge in [0.05, 0.1) is 21.3 Å². The summed E-state index contributed by atoms with van der Waals surface area (Å²) in [5, 5.41) is 10.3. The standard InChI is InChI=1S/C16H17BrO3S/c1-5-10-8-11(17)6-7-12(10)13-14(18)9(2)21(20)16(3,4)15(13)19/h6-8,18H,2,5H2,1,3-4H3. The molecule has 0 saturated carbocycles. The lowest BCUT2D eigenvalue weighted by Gasteiger charge is -2.30. The Bertz CT molecular complexity index is 701. The van der Waals surface area contributed by atoms with Gasteiger partial charge in [-0.1, -0.05) is 35.5 Å². The number of rotatable bonds is 2. The number of ketones is 1. The van der Waals surface area contributed by atoms with E-state index in [1.54, 1.807) is 19.9 Å². The Morgan fingerprint density at radius 2 is 2.00 bits per heavy atom. The van der Waals surface area contributed by atoms with E-state index < -0.39 is 15.5 Å². The summed E-state index contributed by atoms with van der Waals surface area (Å²) in [6.45, 7) is 8.90. The highest BCUT2D eigenvalue weighted by atomic mass is 79.9. The number of aryl methyl sites for hydroxylation is 1. The molecule has 0 fully saturated rings. The van der Waals surface area contributed by atoms with Crippen molar-refractivity contribution in [2.45, 2.75) is 31.9 Å². The quantitative estimate of drug-likeness (QED) is 0.860. The molecule has 2 rings (SSSR count). The molecule has 0 spiro atoms. The third kappa shape index (κ3) is 2.53. The fraction of sp³-hybridized carbons (Fsp3) is 0.312. The van der Waals surface area contributed by atoms with Crippen molar-refractivity contribution in [2.24, 2.45) is 0 Å². The van der Waals surface area contributed by atoms with E-state index >= 15 is 0 Å². The largest absolute Gasteiger partial charge is 0.506 e. The minimum Gasteiger partial charge on any atom is -0.506 e. The number of aliphatic hydroxyl groups excluding tert-OH is 1. The molecule has 0 saturated heterocycles. The monoisotopic (exact) mass is 368 g/mol. The Balaban J connectivity index is 2.75. The van der Waals surface area contributed by atoms with Gasteiger partial charge < -0.3 is 5.11 Å². The van der Waals surface area contributed by atoms with Crippen molar-refractivity contribution in [3.05, 3.63) is 51.0 Å². The molecule has 1 heterocycles. The molecular formula is C16H17BrO3S. The zero-order valence-corrected chi connectivity index (χ0v) is 14.6. The second kappa shape index (κ2) is 5.54. The van der Waals surface area contributed by atoms with Crippen molar-refractivity contribution < 1.29 is 14.1 Å². The van der Waals surface area contributed by atoms with Gasteiger partial charge in [-0.25, -0.2) is 0 Å². The predicted molar refractivity (Wildman–Crippen MR) is 89.4 cm³/mol. The molecule has 1 aliphatic heterocycles. The van der Waals surface area contributed by atoms with Crippen molar-refractivity contribution >= 4 is 38.1 Å². The van der Waals surface area contributed by atoms with Crippen molar-refractivity contribution in [1.82, 2.24) is 0 Å². The van der Waals surface area contributed by atoms with Crippen molar-refractivity contribution in [3.8, 4) is 0 Å². The molecule has 1 N–H and O–H groups in total. The lowest BCUT2D eigenvalue weighted by atomic mass is 9.89. The number of hydrogen-bond acceptors (Lipinski definition) is 3. The summed E-state index contributed by atoms with van der Waals surface area (Å²) in [7, 11) is -1.62. The van der Waals surface area contributed by atoms with E-state index in [1.165, 1.54) is 0 Å². The number of Topliss-reactive ketones (excluding diaryl/α,β-unsaturated/α-hetero) is 1. The minimum absolute atomic E-state index is 0.111. The number of carbonyl (C=O) groups is 1. The molecule has 1 unspecified atom stereocenters. The first-order chi connectivity index (χ1) is 9.71. The smallest absolute Gasteiger partial charge is 0.185 e. The van der Waals surface area contributed by atoms with Crippen molar-refractivity contribution in [2.75, 3.05) is 0 Å². The number of carbonyl (C=O) groups excluding carboxylic acids is 1. The number of hydrogen-bond donors (Lipinski definition) is 1. The van der Waals surface area contributed by atoms with Crippen molar-refractivity contribution in [1.29, 1.82) is 0 Å². The first kappa shape index (κ1) is 16.2. The average molecular weight is 369 g/mol. The van der Waals surface area contributed by atoms with Crippen LogP contribution in [0.25, 0.3) is 5.57 Å². The second-order valence-corrected chi connectivity index (χ2v) is 8.38. The van der Waals surface area contributed by atoms with Crippen LogP contribution < -0.4 is 0 Å². The number of allylic oxidation sites excluding steroid dienone is 1. The lowest BCUT2D eigenvalue weighted by Crippen LogP contribution is -2.42. The van der Waals surface area contributed by atoms with Gasteiger partial charge in [0.1, 0.15) is 10.5 Å². The maximum atomic E-state index is 12.7. The van der Waals surface area contributed by atoms with Crippen molar-refractivity contribution in [3.63, 3.8) is 0 Å². The summed E-state index contributed by atoms with van der Waals surface area (Å²) in [6, 6.07) is 5.54. The van der Waals surface area contributed by atoms with E-state index in [2.05, 4.69) is 22.5 Å². The van der Waals surface area contributed by atoms with Crippen LogP contribution in [0.4, 0.5) is 0 Å². The van der Waals surface area contributed by atoms with Crippen LogP contribution in [-0.4, -0.2) is 19.8 Å². The molecule has 0 radical (unpaired) electrons. The highest BCUT2D eigenvalue weighted by Gasteiger charge is 2.45. The first-order valence-electron chi connectivity index (χ1n) is 6.59. The molecule has 1 aromatic rings. The van der Waals surface area contributed by atoms with E-state index in [4.69, 9.17) is 0 Å². The fourth-order valence-electron chi connectivity index (χ4n) is 2.38. The summed E-state index contributed by atoms with van der Waals surface area (Å²) in [4.78, 5) is 12.8. The molecule has 0 amide bonds. The van der Waals surface area contributed by atoms with Gasteiger partial charge in [0, 0.05) is 4.47 Å². The number of halogens is 1. The molecule has 112 valence electrons. The molecular weight excluding hydrogens is 352 g/mol. The molecule has 3 nitrogen and oxygen atoms in total. The molecule has 5 heteroatoms. The Hall–Kier alpha value is -1.20. The molecule has 0 aliphatic carbocycles. The maximum absolute atomic E-state index is 12.7. The number of aliphatic hydroxyl groups is 1. The lowest BCUT2D eigenvalue weighted by molar-refractivity contribution is -0.115. The molecule has 0 bridgehead atoms. The summed E-state index contributed by atoms with van der Waals surface area (Å²) in [5.41, 5.74) is 1.83. The maximum Gasteiger partial charge on any atom is 0.185 e. The van der Waals surface area contributed by atoms with E-state index in [0.29, 0.717) is 5.56 Å². The molecule has 0 aromatic heterocycles. The van der Waals surface area contributed by atoms with Gasteiger partial charge in [-0.2, -0.15) is 0 Å². The van der Waals surface area contributed by atoms with Crippen LogP contribution in [-0.2, 0) is 22.0 Å². The van der Waals surface area contributed by atoms with Crippen LogP contribution in [0, 0.1) is 0 Å². The molecule has 1 atom stereocenters. The summed E-state index contributed by atoms with van der Waals surface area (Å²) in [6.07, 6.45) is 0.717. The van der Waals surface area contributed by atoms with Crippen LogP contribution in [0.15, 0.2) is 39.9 Å². The third-order valence-corrected chi connectivity index (χ3v) is 5.93. The average Bonchev–Trinajstić information content (AvgIpc) is 2.45. The molecule has 1 aromatic carbocycles. The molecule has 21 heavy (non-hydrogen) atoms. The zero-order chi connectivity index (χ0) is 15.9. The van der Waals surface area contributed by atoms with Crippen LogP contribution in [0.3, 0.4) is 0 Å². The summed E-state index contributed by atoms with van der Waals surface area (Å²) >= 11 is 3.41. The van der Waals surface area contributed by atoms with Crippen LogP contribution in [0.5, 0.6) is 0 Å². The third-order valence-electron chi connectivity index (χ3n) is 3.68. The predicted octanol–water partition coefficient (Wildman–Crippen LogP) is 3.90.